The number of imidazole rings is 1. The molecule has 1 aromatic heterocycles. The van der Waals surface area contributed by atoms with Crippen molar-refractivity contribution in [1.82, 2.24) is 19.6 Å². The topological polar surface area (TPSA) is 91.2 Å². The molecule has 0 bridgehead atoms. The van der Waals surface area contributed by atoms with E-state index in [0.29, 0.717) is 30.8 Å². The van der Waals surface area contributed by atoms with E-state index in [1.165, 1.54) is 0 Å². The lowest BCUT2D eigenvalue weighted by atomic mass is 9.79. The molecule has 7 nitrogen and oxygen atoms in total. The summed E-state index contributed by atoms with van der Waals surface area (Å²) in [6, 6.07) is 6.03. The van der Waals surface area contributed by atoms with Gasteiger partial charge in [-0.15, -0.1) is 4.72 Å². The van der Waals surface area contributed by atoms with E-state index in [1.54, 1.807) is 0 Å². The minimum atomic E-state index is -2.70. The van der Waals surface area contributed by atoms with Crippen LogP contribution in [0.25, 0.3) is 11.0 Å². The number of amides is 1. The second-order valence-corrected chi connectivity index (χ2v) is 24.1. The van der Waals surface area contributed by atoms with E-state index < -0.39 is 42.1 Å². The zero-order valence-electron chi connectivity index (χ0n) is 28.6. The zero-order chi connectivity index (χ0) is 34.4. The molecule has 1 unspecified atom stereocenters. The standard InChI is InChI=1S/C34H52F4N4O3SSi/c1-32(2,3)46(44)41-27(15-22-11-12-33(35,36)18-22)31-39-26-10-9-25(17-28(26)42(31)21-45-13-14-47(4,5)6)30(24-7-8-24)40-29(43)16-23-19-34(37,38)20-23/h9-10,17,22-24,27,30,41H,7-8,11-16,18-21H2,1-6H3,(H,40,43)/t22-,27+,30-,46?/m1/s1. The third-order valence-corrected chi connectivity index (χ3v) is 12.9. The van der Waals surface area contributed by atoms with Crippen molar-refractivity contribution in [1.29, 1.82) is 0 Å². The third-order valence-electron chi connectivity index (χ3n) is 9.63. The van der Waals surface area contributed by atoms with Crippen molar-refractivity contribution < 1.29 is 31.6 Å². The van der Waals surface area contributed by atoms with Gasteiger partial charge in [-0.2, -0.15) is 0 Å². The van der Waals surface area contributed by atoms with Gasteiger partial charge in [0.25, 0.3) is 0 Å². The highest BCUT2D eigenvalue weighted by molar-refractivity contribution is 7.90. The molecule has 3 aliphatic carbocycles. The van der Waals surface area contributed by atoms with Gasteiger partial charge in [0, 0.05) is 58.1 Å². The van der Waals surface area contributed by atoms with E-state index in [1.807, 2.05) is 43.5 Å². The fourth-order valence-electron chi connectivity index (χ4n) is 6.70. The molecule has 1 heterocycles. The number of hydrogen-bond donors (Lipinski definition) is 2. The monoisotopic (exact) mass is 700 g/mol. The van der Waals surface area contributed by atoms with E-state index >= 15 is 0 Å². The van der Waals surface area contributed by atoms with E-state index in [0.717, 1.165) is 30.0 Å². The van der Waals surface area contributed by atoms with Gasteiger partial charge >= 0.3 is 0 Å². The average Bonchev–Trinajstić information content (AvgIpc) is 3.62. The van der Waals surface area contributed by atoms with Gasteiger partial charge in [0.2, 0.25) is 17.8 Å². The van der Waals surface area contributed by atoms with Crippen molar-refractivity contribution in [2.45, 2.75) is 140 Å². The Morgan fingerprint density at radius 2 is 1.79 bits per heavy atom. The molecule has 0 saturated heterocycles. The Morgan fingerprint density at radius 3 is 2.36 bits per heavy atom. The van der Waals surface area contributed by atoms with E-state index in [4.69, 9.17) is 9.72 Å². The van der Waals surface area contributed by atoms with Crippen LogP contribution < -0.4 is 10.0 Å². The van der Waals surface area contributed by atoms with Crippen LogP contribution in [0.2, 0.25) is 25.7 Å². The van der Waals surface area contributed by atoms with Gasteiger partial charge in [-0.1, -0.05) is 25.7 Å². The number of alkyl halides is 4. The van der Waals surface area contributed by atoms with Crippen molar-refractivity contribution in [2.75, 3.05) is 6.61 Å². The van der Waals surface area contributed by atoms with Crippen molar-refractivity contribution in [3.8, 4) is 0 Å². The number of carbonyl (C=O) groups excluding carboxylic acids is 1. The van der Waals surface area contributed by atoms with Gasteiger partial charge in [0.15, 0.2) is 0 Å². The lowest BCUT2D eigenvalue weighted by molar-refractivity contribution is -0.134. The van der Waals surface area contributed by atoms with Crippen molar-refractivity contribution in [3.05, 3.63) is 29.6 Å². The number of hydrogen-bond acceptors (Lipinski definition) is 5. The molecule has 4 atom stereocenters. The Kier molecular flexibility index (Phi) is 10.8. The molecule has 47 heavy (non-hydrogen) atoms. The maximum absolute atomic E-state index is 14.3. The molecule has 264 valence electrons. The third kappa shape index (κ3) is 9.95. The molecule has 2 N–H and O–H groups in total. The number of carbonyl (C=O) groups is 1. The van der Waals surface area contributed by atoms with Crippen molar-refractivity contribution in [3.63, 3.8) is 0 Å². The Labute approximate surface area is 280 Å². The first-order chi connectivity index (χ1) is 21.8. The van der Waals surface area contributed by atoms with Crippen LogP contribution in [0.15, 0.2) is 18.2 Å². The molecule has 0 radical (unpaired) electrons. The van der Waals surface area contributed by atoms with Crippen LogP contribution in [0.4, 0.5) is 17.6 Å². The second-order valence-electron chi connectivity index (χ2n) is 16.5. The zero-order valence-corrected chi connectivity index (χ0v) is 30.5. The first-order valence-corrected chi connectivity index (χ1v) is 22.0. The fourth-order valence-corrected chi connectivity index (χ4v) is 8.27. The van der Waals surface area contributed by atoms with Gasteiger partial charge in [-0.05, 0) is 87.9 Å². The molecule has 1 amide bonds. The van der Waals surface area contributed by atoms with Crippen LogP contribution in [0.3, 0.4) is 0 Å². The molecule has 3 saturated carbocycles. The van der Waals surface area contributed by atoms with Gasteiger partial charge < -0.3 is 19.2 Å². The summed E-state index contributed by atoms with van der Waals surface area (Å²) in [5.74, 6) is -5.27. The molecule has 0 aliphatic heterocycles. The number of benzene rings is 1. The summed E-state index contributed by atoms with van der Waals surface area (Å²) >= 11 is -1.48. The fraction of sp³-hybridized carbons (Fsp3) is 0.765. The highest BCUT2D eigenvalue weighted by Gasteiger charge is 2.46. The summed E-state index contributed by atoms with van der Waals surface area (Å²) < 4.78 is 79.6. The van der Waals surface area contributed by atoms with Gasteiger partial charge in [-0.25, -0.2) is 22.5 Å². The van der Waals surface area contributed by atoms with Crippen molar-refractivity contribution in [2.24, 2.45) is 17.8 Å². The maximum atomic E-state index is 14.3. The number of fused-ring (bicyclic) bond motifs is 1. The second kappa shape index (κ2) is 13.9. The minimum absolute atomic E-state index is 0.0898. The summed E-state index contributed by atoms with van der Waals surface area (Å²) in [4.78, 5) is 18.0. The van der Waals surface area contributed by atoms with E-state index in [2.05, 4.69) is 29.7 Å². The number of rotatable bonds is 15. The molecule has 13 heteroatoms. The molecule has 3 aliphatic rings. The molecule has 2 aromatic rings. The normalized spacial score (nSPS) is 23.4. The van der Waals surface area contributed by atoms with Crippen LogP contribution in [0.1, 0.15) is 102 Å². The Bertz CT molecular complexity index is 1400. The predicted octanol–water partition coefficient (Wildman–Crippen LogP) is 8.27. The Balaban J connectivity index is 1.46. The van der Waals surface area contributed by atoms with Crippen LogP contribution in [-0.4, -0.2) is 51.3 Å². The molecule has 1 aromatic carbocycles. The largest absolute Gasteiger partial charge is 0.598 e. The first-order valence-electron chi connectivity index (χ1n) is 17.1. The SMILES string of the molecule is CC(C)(C)[S+]([O-])N[C@@H](C[C@H]1CCC(F)(F)C1)c1nc2ccc([C@H](NC(=O)CC3CC(F)(F)C3)C3CC3)cc2n1COCC[Si](C)(C)C. The maximum Gasteiger partial charge on any atom is 0.248 e. The number of aromatic nitrogens is 2. The lowest BCUT2D eigenvalue weighted by Crippen LogP contribution is -2.42. The van der Waals surface area contributed by atoms with Gasteiger partial charge in [0.1, 0.15) is 23.3 Å². The van der Waals surface area contributed by atoms with Gasteiger partial charge in [-0.3, -0.25) is 4.79 Å². The van der Waals surface area contributed by atoms with Crippen LogP contribution in [0.5, 0.6) is 0 Å². The summed E-state index contributed by atoms with van der Waals surface area (Å²) in [7, 11) is -1.37. The quantitative estimate of drug-likeness (QED) is 0.0845. The first kappa shape index (κ1) is 36.6. The van der Waals surface area contributed by atoms with Crippen LogP contribution in [0, 0.1) is 17.8 Å². The smallest absolute Gasteiger partial charge is 0.248 e. The summed E-state index contributed by atoms with van der Waals surface area (Å²) in [6.07, 6.45) is 1.94. The highest BCUT2D eigenvalue weighted by atomic mass is 32.2. The van der Waals surface area contributed by atoms with E-state index in [9.17, 15) is 26.9 Å². The predicted molar refractivity (Wildman–Crippen MR) is 180 cm³/mol. The summed E-state index contributed by atoms with van der Waals surface area (Å²) in [5, 5.41) is 3.14. The summed E-state index contributed by atoms with van der Waals surface area (Å²) in [6.45, 7) is 13.2. The molecular formula is C34H52F4N4O3SSi. The van der Waals surface area contributed by atoms with E-state index in [-0.39, 0.29) is 68.5 Å². The summed E-state index contributed by atoms with van der Waals surface area (Å²) in [5.41, 5.74) is 2.38. The number of halogens is 4. The average molecular weight is 701 g/mol. The number of ether oxygens (including phenoxy) is 1. The molecule has 5 rings (SSSR count). The molecule has 3 fully saturated rings. The van der Waals surface area contributed by atoms with Crippen molar-refractivity contribution >= 4 is 36.4 Å². The molecular weight excluding hydrogens is 649 g/mol. The lowest BCUT2D eigenvalue weighted by Gasteiger charge is -2.34. The number of nitrogens with one attached hydrogen (secondary N) is 2. The van der Waals surface area contributed by atoms with Crippen LogP contribution in [-0.2, 0) is 27.6 Å². The highest BCUT2D eigenvalue weighted by Crippen LogP contribution is 2.46. The minimum Gasteiger partial charge on any atom is -0.598 e. The number of nitrogens with zero attached hydrogens (tertiary/aromatic N) is 2. The van der Waals surface area contributed by atoms with Gasteiger partial charge in [0.05, 0.1) is 17.1 Å². The van der Waals surface area contributed by atoms with Crippen LogP contribution >= 0.6 is 0 Å². The Hall–Kier alpha value is -1.67. The Morgan fingerprint density at radius 1 is 1.11 bits per heavy atom. The molecule has 0 spiro atoms.